The molecule has 5 nitrogen and oxygen atoms in total. The van der Waals surface area contributed by atoms with Crippen molar-refractivity contribution in [3.63, 3.8) is 0 Å². The summed E-state index contributed by atoms with van der Waals surface area (Å²) in [5, 5.41) is 5.11. The van der Waals surface area contributed by atoms with Crippen LogP contribution in [-0.2, 0) is 0 Å². The zero-order chi connectivity index (χ0) is 17.6. The molecule has 4 rings (SSSR count). The van der Waals surface area contributed by atoms with Crippen LogP contribution in [0.5, 0.6) is 5.75 Å². The Balaban J connectivity index is 2.09. The molecule has 2 aromatic heterocycles. The number of para-hydroxylation sites is 1. The first kappa shape index (κ1) is 15.3. The highest BCUT2D eigenvalue weighted by atomic mass is 16.5. The number of nitrogens with two attached hydrogens (primary N) is 1. The number of nitrogens with zero attached hydrogens (tertiary/aromatic N) is 2. The maximum Gasteiger partial charge on any atom is 0.143 e. The predicted octanol–water partition coefficient (Wildman–Crippen LogP) is 4.49. The molecule has 126 valence electrons. The molecule has 0 bridgehead atoms. The van der Waals surface area contributed by atoms with Crippen LogP contribution in [0.1, 0.15) is 11.5 Å². The molecule has 0 saturated carbocycles. The summed E-state index contributed by atoms with van der Waals surface area (Å²) in [4.78, 5) is 0. The van der Waals surface area contributed by atoms with Crippen molar-refractivity contribution in [2.45, 2.75) is 13.8 Å². The molecule has 0 spiro atoms. The van der Waals surface area contributed by atoms with Crippen molar-refractivity contribution < 1.29 is 9.26 Å². The van der Waals surface area contributed by atoms with Crippen LogP contribution in [0.3, 0.4) is 0 Å². The highest BCUT2D eigenvalue weighted by Crippen LogP contribution is 2.41. The molecule has 0 aliphatic rings. The van der Waals surface area contributed by atoms with Crippen molar-refractivity contribution >= 4 is 16.6 Å². The molecule has 0 aliphatic heterocycles. The van der Waals surface area contributed by atoms with Gasteiger partial charge in [-0.2, -0.15) is 0 Å². The molecule has 5 heteroatoms. The number of ether oxygens (including phenoxy) is 1. The maximum atomic E-state index is 6.55. The van der Waals surface area contributed by atoms with Gasteiger partial charge in [0.25, 0.3) is 0 Å². The summed E-state index contributed by atoms with van der Waals surface area (Å²) >= 11 is 0. The molecule has 0 fully saturated rings. The Labute approximate surface area is 145 Å². The first-order valence-electron chi connectivity index (χ1n) is 8.08. The van der Waals surface area contributed by atoms with Crippen LogP contribution in [0.4, 0.5) is 5.69 Å². The Kier molecular flexibility index (Phi) is 3.50. The lowest BCUT2D eigenvalue weighted by Crippen LogP contribution is -2.00. The first-order chi connectivity index (χ1) is 12.1. The zero-order valence-electron chi connectivity index (χ0n) is 14.4. The molecular weight excluding hydrogens is 314 g/mol. The second kappa shape index (κ2) is 5.70. The summed E-state index contributed by atoms with van der Waals surface area (Å²) in [6.45, 7) is 3.84. The maximum absolute atomic E-state index is 6.55. The van der Waals surface area contributed by atoms with E-state index in [2.05, 4.69) is 15.8 Å². The number of hydrogen-bond acceptors (Lipinski definition) is 4. The fourth-order valence-electron chi connectivity index (χ4n) is 3.33. The molecule has 0 unspecified atom stereocenters. The highest BCUT2D eigenvalue weighted by molar-refractivity contribution is 6.02. The van der Waals surface area contributed by atoms with E-state index in [-0.39, 0.29) is 0 Å². The van der Waals surface area contributed by atoms with E-state index in [0.717, 1.165) is 50.7 Å². The number of methoxy groups -OCH3 is 1. The fraction of sp³-hybridized carbons (Fsp3) is 0.150. The molecule has 0 aliphatic carbocycles. The summed E-state index contributed by atoms with van der Waals surface area (Å²) in [6, 6.07) is 16.0. The van der Waals surface area contributed by atoms with Crippen molar-refractivity contribution in [2.75, 3.05) is 12.8 Å². The van der Waals surface area contributed by atoms with Gasteiger partial charge in [-0.25, -0.2) is 0 Å². The fourth-order valence-corrected chi connectivity index (χ4v) is 3.33. The zero-order valence-corrected chi connectivity index (χ0v) is 14.4. The van der Waals surface area contributed by atoms with Gasteiger partial charge >= 0.3 is 0 Å². The molecule has 0 atom stereocenters. The number of fused-ring (bicyclic) bond motifs is 1. The van der Waals surface area contributed by atoms with Crippen LogP contribution in [-0.4, -0.2) is 16.8 Å². The number of anilines is 1. The van der Waals surface area contributed by atoms with Gasteiger partial charge in [0.1, 0.15) is 11.5 Å². The standard InChI is InChI=1S/C20H19N3O2/c1-12-18(13(2)25-22-12)20-19(21)16-6-4-5-7-17(16)23(20)14-8-10-15(24-3)11-9-14/h4-11H,21H2,1-3H3. The number of benzene rings is 2. The normalized spacial score (nSPS) is 11.2. The smallest absolute Gasteiger partial charge is 0.143 e. The second-order valence-corrected chi connectivity index (χ2v) is 6.01. The molecule has 2 aromatic carbocycles. The first-order valence-corrected chi connectivity index (χ1v) is 8.08. The quantitative estimate of drug-likeness (QED) is 0.600. The molecule has 25 heavy (non-hydrogen) atoms. The number of aryl methyl sites for hydroxylation is 2. The van der Waals surface area contributed by atoms with Crippen molar-refractivity contribution in [3.8, 4) is 22.7 Å². The van der Waals surface area contributed by atoms with Crippen LogP contribution in [0.2, 0.25) is 0 Å². The Morgan fingerprint density at radius 2 is 1.76 bits per heavy atom. The SMILES string of the molecule is COc1ccc(-n2c(-c3c(C)noc3C)c(N)c3ccccc32)cc1. The van der Waals surface area contributed by atoms with E-state index in [0.29, 0.717) is 0 Å². The van der Waals surface area contributed by atoms with Gasteiger partial charge in [0.05, 0.1) is 35.3 Å². The summed E-state index contributed by atoms with van der Waals surface area (Å²) in [5.41, 5.74) is 12.0. The molecular formula is C20H19N3O2. The van der Waals surface area contributed by atoms with E-state index < -0.39 is 0 Å². The van der Waals surface area contributed by atoms with Crippen LogP contribution >= 0.6 is 0 Å². The van der Waals surface area contributed by atoms with Gasteiger partial charge in [0, 0.05) is 11.1 Å². The minimum Gasteiger partial charge on any atom is -0.497 e. The van der Waals surface area contributed by atoms with E-state index in [1.807, 2.05) is 56.3 Å². The van der Waals surface area contributed by atoms with Crippen LogP contribution in [0.25, 0.3) is 27.8 Å². The number of hydrogen-bond donors (Lipinski definition) is 1. The molecule has 0 radical (unpaired) electrons. The van der Waals surface area contributed by atoms with Crippen molar-refractivity contribution in [2.24, 2.45) is 0 Å². The molecule has 0 amide bonds. The van der Waals surface area contributed by atoms with Gasteiger partial charge in [-0.1, -0.05) is 23.4 Å². The van der Waals surface area contributed by atoms with Crippen molar-refractivity contribution in [1.82, 2.24) is 9.72 Å². The third kappa shape index (κ3) is 2.28. The largest absolute Gasteiger partial charge is 0.497 e. The van der Waals surface area contributed by atoms with E-state index in [4.69, 9.17) is 15.0 Å². The Morgan fingerprint density at radius 1 is 1.04 bits per heavy atom. The van der Waals surface area contributed by atoms with E-state index in [1.54, 1.807) is 7.11 Å². The van der Waals surface area contributed by atoms with E-state index >= 15 is 0 Å². The Bertz CT molecular complexity index is 1040. The highest BCUT2D eigenvalue weighted by Gasteiger charge is 2.23. The third-order valence-electron chi connectivity index (χ3n) is 4.51. The average molecular weight is 333 g/mol. The van der Waals surface area contributed by atoms with Crippen molar-refractivity contribution in [1.29, 1.82) is 0 Å². The van der Waals surface area contributed by atoms with Gasteiger partial charge < -0.3 is 19.6 Å². The molecule has 2 N–H and O–H groups in total. The predicted molar refractivity (Wildman–Crippen MR) is 99.2 cm³/mol. The molecule has 0 saturated heterocycles. The van der Waals surface area contributed by atoms with Crippen LogP contribution in [0, 0.1) is 13.8 Å². The minimum atomic E-state index is 0.723. The monoisotopic (exact) mass is 333 g/mol. The summed E-state index contributed by atoms with van der Waals surface area (Å²) in [5.74, 6) is 1.56. The Morgan fingerprint density at radius 3 is 2.40 bits per heavy atom. The number of nitrogen functional groups attached to an aromatic ring is 1. The topological polar surface area (TPSA) is 66.2 Å². The summed E-state index contributed by atoms with van der Waals surface area (Å²) < 4.78 is 12.8. The summed E-state index contributed by atoms with van der Waals surface area (Å²) in [7, 11) is 1.66. The van der Waals surface area contributed by atoms with E-state index in [1.165, 1.54) is 0 Å². The second-order valence-electron chi connectivity index (χ2n) is 6.01. The van der Waals surface area contributed by atoms with Gasteiger partial charge in [-0.05, 0) is 44.2 Å². The summed E-state index contributed by atoms with van der Waals surface area (Å²) in [6.07, 6.45) is 0. The third-order valence-corrected chi connectivity index (χ3v) is 4.51. The van der Waals surface area contributed by atoms with Gasteiger partial charge in [-0.15, -0.1) is 0 Å². The lowest BCUT2D eigenvalue weighted by atomic mass is 10.1. The lowest BCUT2D eigenvalue weighted by Gasteiger charge is -2.12. The van der Waals surface area contributed by atoms with Crippen molar-refractivity contribution in [3.05, 3.63) is 60.0 Å². The van der Waals surface area contributed by atoms with Gasteiger partial charge in [0.2, 0.25) is 0 Å². The van der Waals surface area contributed by atoms with Gasteiger partial charge in [-0.3, -0.25) is 0 Å². The van der Waals surface area contributed by atoms with Crippen LogP contribution < -0.4 is 10.5 Å². The molecule has 2 heterocycles. The van der Waals surface area contributed by atoms with Gasteiger partial charge in [0.15, 0.2) is 0 Å². The number of rotatable bonds is 3. The molecule has 4 aromatic rings. The Hall–Kier alpha value is -3.21. The van der Waals surface area contributed by atoms with E-state index in [9.17, 15) is 0 Å². The van der Waals surface area contributed by atoms with Crippen LogP contribution in [0.15, 0.2) is 53.1 Å². The minimum absolute atomic E-state index is 0.723. The number of aromatic nitrogens is 2. The lowest BCUT2D eigenvalue weighted by molar-refractivity contribution is 0.393. The average Bonchev–Trinajstić information content (AvgIpc) is 3.12.